The zero-order valence-corrected chi connectivity index (χ0v) is 23.8. The second-order valence-electron chi connectivity index (χ2n) is 9.25. The number of benzene rings is 2. The molecular weight excluding hydrogens is 500 g/mol. The van der Waals surface area contributed by atoms with Crippen molar-refractivity contribution < 1.29 is 0 Å². The normalized spacial score (nSPS) is 12.8. The van der Waals surface area contributed by atoms with Gasteiger partial charge in [-0.1, -0.05) is 92.6 Å². The van der Waals surface area contributed by atoms with E-state index < -0.39 is 0 Å². The van der Waals surface area contributed by atoms with E-state index in [4.69, 9.17) is 11.5 Å². The van der Waals surface area contributed by atoms with Gasteiger partial charge in [-0.2, -0.15) is 0 Å². The number of rotatable bonds is 9. The van der Waals surface area contributed by atoms with Crippen LogP contribution in [0, 0.1) is 6.92 Å². The Hall–Kier alpha value is -5.44. The minimum absolute atomic E-state index is 0.822. The highest BCUT2D eigenvalue weighted by molar-refractivity contribution is 6.16. The Balaban J connectivity index is 0.000000575. The molecule has 2 heterocycles. The summed E-state index contributed by atoms with van der Waals surface area (Å²) in [5.74, 6) is 0. The maximum Gasteiger partial charge on any atom is 0.302 e. The number of nitrogens with zero attached hydrogens (tertiary/aromatic N) is 2. The highest BCUT2D eigenvalue weighted by atomic mass is 14.7. The third kappa shape index (κ3) is 8.79. The average Bonchev–Trinajstić information content (AvgIpc) is 3.55. The van der Waals surface area contributed by atoms with Crippen LogP contribution in [-0.4, -0.2) is 17.4 Å². The molecule has 0 aliphatic carbocycles. The van der Waals surface area contributed by atoms with Gasteiger partial charge in [0.2, 0.25) is 0 Å². The van der Waals surface area contributed by atoms with E-state index in [0.29, 0.717) is 0 Å². The predicted octanol–water partition coefficient (Wildman–Crippen LogP) is 7.59. The standard InChI is InChI=1S/C31H30N3.C6H7N/c1-6-25(26(7-2)19-32)11-8-22(3)23(4)9-12-27-18-28(13-10-24(27)5)29-14-15-31(34-21-29)30-16-17-33-20-30;7-6-4-2-1-3-5-6/h6-21H,2-4,32H2,1,5H3;1-5H,7H2/q+1;/b11-8-,12-9-,25-6+,26-19+;. The van der Waals surface area contributed by atoms with Crippen molar-refractivity contribution in [2.45, 2.75) is 13.8 Å². The van der Waals surface area contributed by atoms with E-state index in [1.54, 1.807) is 18.5 Å². The van der Waals surface area contributed by atoms with Gasteiger partial charge in [-0.3, -0.25) is 4.98 Å². The van der Waals surface area contributed by atoms with Gasteiger partial charge in [0.15, 0.2) is 0 Å². The van der Waals surface area contributed by atoms with Crippen LogP contribution in [0.1, 0.15) is 23.7 Å². The van der Waals surface area contributed by atoms with E-state index in [1.165, 1.54) is 5.56 Å². The quantitative estimate of drug-likeness (QED) is 0.168. The summed E-state index contributed by atoms with van der Waals surface area (Å²) in [6.45, 7) is 16.2. The first kappa shape index (κ1) is 30.1. The Bertz CT molecular complexity index is 1620. The summed E-state index contributed by atoms with van der Waals surface area (Å²) >= 11 is 0. The zero-order chi connectivity index (χ0) is 29.6. The lowest BCUT2D eigenvalue weighted by atomic mass is 9.98. The van der Waals surface area contributed by atoms with Crippen LogP contribution in [0.15, 0.2) is 152 Å². The first-order chi connectivity index (χ1) is 19.9. The molecule has 204 valence electrons. The topological polar surface area (TPSA) is 79.0 Å². The number of aromatic nitrogens is 1. The molecular formula is C37H37N4+. The molecule has 1 aliphatic rings. The third-order valence-corrected chi connectivity index (χ3v) is 6.41. The van der Waals surface area contributed by atoms with E-state index in [2.05, 4.69) is 66.7 Å². The van der Waals surface area contributed by atoms with Gasteiger partial charge in [-0.15, -0.1) is 4.67 Å². The van der Waals surface area contributed by atoms with Gasteiger partial charge in [-0.05, 0) is 77.1 Å². The number of aryl methyl sites for hydroxylation is 1. The van der Waals surface area contributed by atoms with E-state index >= 15 is 0 Å². The number of allylic oxidation sites excluding steroid dienone is 11. The summed E-state index contributed by atoms with van der Waals surface area (Å²) in [6.07, 6.45) is 20.7. The SMILES string of the molecule is C=CC(=C\N)/C(/C=C\C(=C)C(=C)/C=C\c1cc(-c2ccc(C3=CC=[N+]=C3)nc2)ccc1C)=C/C.Nc1ccccc1. The Kier molecular flexibility index (Phi) is 11.2. The van der Waals surface area contributed by atoms with Gasteiger partial charge in [0.05, 0.1) is 11.3 Å². The van der Waals surface area contributed by atoms with Gasteiger partial charge in [0.1, 0.15) is 0 Å². The Morgan fingerprint density at radius 3 is 2.20 bits per heavy atom. The van der Waals surface area contributed by atoms with Crippen molar-refractivity contribution in [3.05, 3.63) is 168 Å². The molecule has 1 aromatic heterocycles. The van der Waals surface area contributed by atoms with Crippen LogP contribution < -0.4 is 16.1 Å². The van der Waals surface area contributed by atoms with Crippen LogP contribution in [0.4, 0.5) is 5.69 Å². The number of para-hydroxylation sites is 1. The first-order valence-corrected chi connectivity index (χ1v) is 13.3. The third-order valence-electron chi connectivity index (χ3n) is 6.41. The molecule has 4 N–H and O–H groups in total. The lowest BCUT2D eigenvalue weighted by molar-refractivity contribution is 1.29. The zero-order valence-electron chi connectivity index (χ0n) is 23.8. The molecule has 4 nitrogen and oxygen atoms in total. The largest absolute Gasteiger partial charge is 0.404 e. The molecule has 0 spiro atoms. The van der Waals surface area contributed by atoms with E-state index in [0.717, 1.165) is 55.9 Å². The maximum atomic E-state index is 5.67. The van der Waals surface area contributed by atoms with E-state index in [1.807, 2.05) is 86.1 Å². The van der Waals surface area contributed by atoms with Gasteiger partial charge in [-0.25, -0.2) is 0 Å². The van der Waals surface area contributed by atoms with Crippen molar-refractivity contribution in [1.82, 2.24) is 9.65 Å². The van der Waals surface area contributed by atoms with Crippen LogP contribution in [0.5, 0.6) is 0 Å². The Labute approximate surface area is 243 Å². The van der Waals surface area contributed by atoms with Crippen molar-refractivity contribution in [2.75, 3.05) is 5.73 Å². The molecule has 0 saturated carbocycles. The van der Waals surface area contributed by atoms with Crippen molar-refractivity contribution >= 4 is 29.8 Å². The second-order valence-corrected chi connectivity index (χ2v) is 9.25. The maximum absolute atomic E-state index is 5.67. The summed E-state index contributed by atoms with van der Waals surface area (Å²) in [7, 11) is 0. The lowest BCUT2D eigenvalue weighted by Gasteiger charge is -2.07. The molecule has 0 fully saturated rings. The average molecular weight is 538 g/mol. The smallest absolute Gasteiger partial charge is 0.302 e. The van der Waals surface area contributed by atoms with Crippen molar-refractivity contribution in [3.63, 3.8) is 0 Å². The van der Waals surface area contributed by atoms with E-state index in [9.17, 15) is 0 Å². The molecule has 2 aromatic carbocycles. The predicted molar refractivity (Wildman–Crippen MR) is 180 cm³/mol. The number of hydrogen-bond donors (Lipinski definition) is 2. The molecule has 4 heteroatoms. The monoisotopic (exact) mass is 537 g/mol. The number of hydrogen-bond acceptors (Lipinski definition) is 3. The lowest BCUT2D eigenvalue weighted by Crippen LogP contribution is -1.91. The number of pyridine rings is 1. The molecule has 0 atom stereocenters. The van der Waals surface area contributed by atoms with Crippen LogP contribution in [-0.2, 0) is 0 Å². The highest BCUT2D eigenvalue weighted by Gasteiger charge is 2.10. The minimum atomic E-state index is 0.822. The van der Waals surface area contributed by atoms with E-state index in [-0.39, 0.29) is 0 Å². The van der Waals surface area contributed by atoms with Gasteiger partial charge >= 0.3 is 6.21 Å². The summed E-state index contributed by atoms with van der Waals surface area (Å²) in [4.78, 5) is 4.60. The van der Waals surface area contributed by atoms with Crippen LogP contribution in [0.2, 0.25) is 0 Å². The molecule has 0 unspecified atom stereocenters. The molecule has 0 amide bonds. The fourth-order valence-corrected chi connectivity index (χ4v) is 3.87. The van der Waals surface area contributed by atoms with Crippen molar-refractivity contribution in [1.29, 1.82) is 0 Å². The van der Waals surface area contributed by atoms with Crippen LogP contribution in [0.25, 0.3) is 22.8 Å². The first-order valence-electron chi connectivity index (χ1n) is 13.3. The molecule has 0 radical (unpaired) electrons. The molecule has 0 bridgehead atoms. The Morgan fingerprint density at radius 2 is 1.63 bits per heavy atom. The Morgan fingerprint density at radius 1 is 0.902 bits per heavy atom. The number of nitrogen functional groups attached to an aromatic ring is 1. The number of nitrogens with two attached hydrogens (primary N) is 2. The molecule has 1 aliphatic heterocycles. The summed E-state index contributed by atoms with van der Waals surface area (Å²) in [6, 6.07) is 20.0. The number of anilines is 1. The fourth-order valence-electron chi connectivity index (χ4n) is 3.87. The summed E-state index contributed by atoms with van der Waals surface area (Å²) in [5.41, 5.74) is 21.8. The molecule has 4 rings (SSSR count). The van der Waals surface area contributed by atoms with Crippen molar-refractivity contribution in [3.8, 4) is 11.1 Å². The van der Waals surface area contributed by atoms with Crippen LogP contribution in [0.3, 0.4) is 0 Å². The van der Waals surface area contributed by atoms with Gasteiger partial charge in [0.25, 0.3) is 6.21 Å². The summed E-state index contributed by atoms with van der Waals surface area (Å²) in [5, 5.41) is 0. The van der Waals surface area contributed by atoms with Gasteiger partial charge < -0.3 is 11.5 Å². The fraction of sp³-hybridized carbons (Fsp3) is 0.0541. The van der Waals surface area contributed by atoms with Crippen LogP contribution >= 0.6 is 0 Å². The molecule has 3 aromatic rings. The second kappa shape index (κ2) is 15.2. The molecule has 0 saturated heterocycles. The minimum Gasteiger partial charge on any atom is -0.404 e. The van der Waals surface area contributed by atoms with Crippen molar-refractivity contribution in [2.24, 2.45) is 5.73 Å². The highest BCUT2D eigenvalue weighted by Crippen LogP contribution is 2.25. The van der Waals surface area contributed by atoms with Gasteiger partial charge in [0, 0.05) is 29.7 Å². The summed E-state index contributed by atoms with van der Waals surface area (Å²) < 4.78 is 4.11. The molecule has 41 heavy (non-hydrogen) atoms.